The standard InChI is InChI=1S/C26H32N6O2/c1-3-4-14-22-31-23-24(20-12-5-6-13-21(20)30-25(23)27)32(22)16-8-7-15-28-26(33)29-18-10-9-11-19(17-18)34-2/h5-6,9-13,17H,3-4,7-8,14-16H2,1-2H3,(H2,27,30)(H2,28,29,33). The minimum atomic E-state index is -0.227. The summed E-state index contributed by atoms with van der Waals surface area (Å²) in [5, 5.41) is 6.83. The van der Waals surface area contributed by atoms with Crippen molar-refractivity contribution in [2.75, 3.05) is 24.7 Å². The number of nitrogens with two attached hydrogens (primary N) is 1. The number of urea groups is 1. The number of carbonyl (C=O) groups is 1. The number of carbonyl (C=O) groups excluding carboxylic acids is 1. The summed E-state index contributed by atoms with van der Waals surface area (Å²) in [5.41, 5.74) is 9.68. The number of benzene rings is 2. The molecule has 0 fully saturated rings. The monoisotopic (exact) mass is 460 g/mol. The zero-order valence-electron chi connectivity index (χ0n) is 19.8. The third kappa shape index (κ3) is 5.22. The van der Waals surface area contributed by atoms with Crippen LogP contribution in [-0.2, 0) is 13.0 Å². The predicted molar refractivity (Wildman–Crippen MR) is 137 cm³/mol. The number of aromatic nitrogens is 3. The molecule has 178 valence electrons. The molecule has 34 heavy (non-hydrogen) atoms. The first-order chi connectivity index (χ1) is 16.6. The summed E-state index contributed by atoms with van der Waals surface area (Å²) in [6.07, 6.45) is 4.82. The van der Waals surface area contributed by atoms with E-state index in [4.69, 9.17) is 15.5 Å². The van der Waals surface area contributed by atoms with E-state index in [0.717, 1.165) is 66.4 Å². The average Bonchev–Trinajstić information content (AvgIpc) is 3.22. The summed E-state index contributed by atoms with van der Waals surface area (Å²) >= 11 is 0. The van der Waals surface area contributed by atoms with Crippen LogP contribution in [-0.4, -0.2) is 34.2 Å². The zero-order valence-corrected chi connectivity index (χ0v) is 19.8. The van der Waals surface area contributed by atoms with E-state index in [1.165, 1.54) is 0 Å². The van der Waals surface area contributed by atoms with Crippen molar-refractivity contribution in [3.63, 3.8) is 0 Å². The second-order valence-electron chi connectivity index (χ2n) is 8.31. The number of para-hydroxylation sites is 1. The van der Waals surface area contributed by atoms with Gasteiger partial charge in [0.05, 0.1) is 18.1 Å². The summed E-state index contributed by atoms with van der Waals surface area (Å²) in [6.45, 7) is 3.57. The van der Waals surface area contributed by atoms with Gasteiger partial charge in [0, 0.05) is 36.7 Å². The third-order valence-corrected chi connectivity index (χ3v) is 5.86. The van der Waals surface area contributed by atoms with E-state index in [0.29, 0.717) is 23.8 Å². The topological polar surface area (TPSA) is 107 Å². The third-order valence-electron chi connectivity index (χ3n) is 5.86. The van der Waals surface area contributed by atoms with Crippen LogP contribution in [0.15, 0.2) is 48.5 Å². The molecule has 8 nitrogen and oxygen atoms in total. The molecule has 2 heterocycles. The minimum absolute atomic E-state index is 0.227. The summed E-state index contributed by atoms with van der Waals surface area (Å²) in [6, 6.07) is 15.1. The Labute approximate surface area is 199 Å². The maximum Gasteiger partial charge on any atom is 0.319 e. The van der Waals surface area contributed by atoms with Crippen LogP contribution < -0.4 is 21.1 Å². The Bertz CT molecular complexity index is 1280. The van der Waals surface area contributed by atoms with Crippen molar-refractivity contribution in [2.45, 2.75) is 45.6 Å². The van der Waals surface area contributed by atoms with Crippen molar-refractivity contribution in [2.24, 2.45) is 0 Å². The molecular formula is C26H32N6O2. The summed E-state index contributed by atoms with van der Waals surface area (Å²) in [5.74, 6) is 2.22. The smallest absolute Gasteiger partial charge is 0.319 e. The molecule has 4 N–H and O–H groups in total. The van der Waals surface area contributed by atoms with Crippen LogP contribution in [0, 0.1) is 0 Å². The van der Waals surface area contributed by atoms with Crippen molar-refractivity contribution in [1.82, 2.24) is 19.9 Å². The minimum Gasteiger partial charge on any atom is -0.497 e. The lowest BCUT2D eigenvalue weighted by Gasteiger charge is -2.12. The van der Waals surface area contributed by atoms with E-state index in [1.807, 2.05) is 36.4 Å². The van der Waals surface area contributed by atoms with Gasteiger partial charge in [-0.15, -0.1) is 0 Å². The second-order valence-corrected chi connectivity index (χ2v) is 8.31. The first kappa shape index (κ1) is 23.4. The van der Waals surface area contributed by atoms with Crippen LogP contribution >= 0.6 is 0 Å². The van der Waals surface area contributed by atoms with Crippen LogP contribution in [0.2, 0.25) is 0 Å². The van der Waals surface area contributed by atoms with Gasteiger partial charge in [0.25, 0.3) is 0 Å². The molecule has 8 heteroatoms. The number of pyridine rings is 1. The molecule has 0 radical (unpaired) electrons. The number of rotatable bonds is 10. The van der Waals surface area contributed by atoms with Crippen LogP contribution in [0.25, 0.3) is 21.9 Å². The van der Waals surface area contributed by atoms with Crippen LogP contribution in [0.3, 0.4) is 0 Å². The highest BCUT2D eigenvalue weighted by molar-refractivity contribution is 6.06. The van der Waals surface area contributed by atoms with Gasteiger partial charge in [0.15, 0.2) is 5.82 Å². The molecule has 0 spiro atoms. The van der Waals surface area contributed by atoms with Gasteiger partial charge < -0.3 is 25.7 Å². The number of unbranched alkanes of at least 4 members (excludes halogenated alkanes) is 2. The van der Waals surface area contributed by atoms with Gasteiger partial charge in [-0.2, -0.15) is 0 Å². The summed E-state index contributed by atoms with van der Waals surface area (Å²) < 4.78 is 7.49. The Kier molecular flexibility index (Phi) is 7.47. The molecule has 2 amide bonds. The van der Waals surface area contributed by atoms with Crippen molar-refractivity contribution >= 4 is 39.5 Å². The summed E-state index contributed by atoms with van der Waals surface area (Å²) in [7, 11) is 1.60. The number of nitrogens with one attached hydrogen (secondary N) is 2. The molecule has 0 aliphatic heterocycles. The second kappa shape index (κ2) is 10.9. The lowest BCUT2D eigenvalue weighted by Crippen LogP contribution is -2.29. The number of anilines is 2. The molecule has 0 saturated heterocycles. The van der Waals surface area contributed by atoms with Crippen molar-refractivity contribution in [3.05, 3.63) is 54.4 Å². The molecule has 4 aromatic rings. The van der Waals surface area contributed by atoms with E-state index in [9.17, 15) is 4.79 Å². The lowest BCUT2D eigenvalue weighted by atomic mass is 10.2. The maximum absolute atomic E-state index is 12.2. The largest absolute Gasteiger partial charge is 0.497 e. The van der Waals surface area contributed by atoms with E-state index in [1.54, 1.807) is 13.2 Å². The Morgan fingerprint density at radius 2 is 1.94 bits per heavy atom. The van der Waals surface area contributed by atoms with Gasteiger partial charge >= 0.3 is 6.03 Å². The SMILES string of the molecule is CCCCc1nc2c(N)nc3ccccc3c2n1CCCCNC(=O)Nc1cccc(OC)c1. The van der Waals surface area contributed by atoms with Gasteiger partial charge in [-0.3, -0.25) is 0 Å². The fourth-order valence-corrected chi connectivity index (χ4v) is 4.14. The number of nitrogens with zero attached hydrogens (tertiary/aromatic N) is 3. The van der Waals surface area contributed by atoms with Gasteiger partial charge in [-0.1, -0.05) is 37.6 Å². The number of amides is 2. The first-order valence-corrected chi connectivity index (χ1v) is 11.8. The molecule has 0 aliphatic rings. The highest BCUT2D eigenvalue weighted by atomic mass is 16.5. The fourth-order valence-electron chi connectivity index (χ4n) is 4.14. The van der Waals surface area contributed by atoms with Crippen molar-refractivity contribution in [1.29, 1.82) is 0 Å². The maximum atomic E-state index is 12.2. The van der Waals surface area contributed by atoms with E-state index < -0.39 is 0 Å². The highest BCUT2D eigenvalue weighted by Crippen LogP contribution is 2.29. The Balaban J connectivity index is 1.41. The number of methoxy groups -OCH3 is 1. The molecule has 0 unspecified atom stereocenters. The van der Waals surface area contributed by atoms with Gasteiger partial charge in [0.2, 0.25) is 0 Å². The normalized spacial score (nSPS) is 11.1. The Morgan fingerprint density at radius 1 is 1.09 bits per heavy atom. The van der Waals surface area contributed by atoms with Gasteiger partial charge in [-0.05, 0) is 37.5 Å². The number of imidazole rings is 1. The molecular weight excluding hydrogens is 428 g/mol. The Hall–Kier alpha value is -3.81. The number of aryl methyl sites for hydroxylation is 2. The average molecular weight is 461 g/mol. The quantitative estimate of drug-likeness (QED) is 0.285. The van der Waals surface area contributed by atoms with Crippen LogP contribution in [0.1, 0.15) is 38.4 Å². The molecule has 0 bridgehead atoms. The van der Waals surface area contributed by atoms with Gasteiger partial charge in [0.1, 0.15) is 17.1 Å². The van der Waals surface area contributed by atoms with Crippen molar-refractivity contribution < 1.29 is 9.53 Å². The van der Waals surface area contributed by atoms with Gasteiger partial charge in [-0.25, -0.2) is 14.8 Å². The van der Waals surface area contributed by atoms with Crippen LogP contribution in [0.5, 0.6) is 5.75 Å². The predicted octanol–water partition coefficient (Wildman–Crippen LogP) is 5.12. The molecule has 0 atom stereocenters. The zero-order chi connectivity index (χ0) is 23.9. The number of ether oxygens (including phenoxy) is 1. The van der Waals surface area contributed by atoms with E-state index in [-0.39, 0.29) is 6.03 Å². The van der Waals surface area contributed by atoms with Crippen molar-refractivity contribution in [3.8, 4) is 5.75 Å². The lowest BCUT2D eigenvalue weighted by molar-refractivity contribution is 0.252. The molecule has 2 aromatic heterocycles. The summed E-state index contributed by atoms with van der Waals surface area (Å²) in [4.78, 5) is 21.7. The fraction of sp³-hybridized carbons (Fsp3) is 0.346. The number of fused-ring (bicyclic) bond motifs is 3. The molecule has 2 aromatic carbocycles. The number of nitrogen functional groups attached to an aromatic ring is 1. The van der Waals surface area contributed by atoms with E-state index in [2.05, 4.69) is 33.2 Å². The molecule has 0 saturated carbocycles. The highest BCUT2D eigenvalue weighted by Gasteiger charge is 2.16. The first-order valence-electron chi connectivity index (χ1n) is 11.8. The van der Waals surface area contributed by atoms with E-state index >= 15 is 0 Å². The molecule has 4 rings (SSSR count). The van der Waals surface area contributed by atoms with Crippen LogP contribution in [0.4, 0.5) is 16.3 Å². The number of hydrogen-bond acceptors (Lipinski definition) is 5. The Morgan fingerprint density at radius 3 is 2.76 bits per heavy atom. The molecule has 0 aliphatic carbocycles. The number of hydrogen-bond donors (Lipinski definition) is 3.